The molecule has 0 radical (unpaired) electrons. The highest BCUT2D eigenvalue weighted by Gasteiger charge is 2.42. The number of hydrogen-bond donors (Lipinski definition) is 1. The Morgan fingerprint density at radius 2 is 2.03 bits per heavy atom. The Labute approximate surface area is 191 Å². The van der Waals surface area contributed by atoms with Crippen LogP contribution >= 0.6 is 11.3 Å². The van der Waals surface area contributed by atoms with Crippen molar-refractivity contribution in [2.75, 3.05) is 46.6 Å². The topological polar surface area (TPSA) is 60.0 Å². The van der Waals surface area contributed by atoms with Crippen molar-refractivity contribution in [2.45, 2.75) is 70.9 Å². The molecule has 0 atom stereocenters. The molecule has 1 spiro atoms. The normalized spacial score (nSPS) is 24.5. The van der Waals surface area contributed by atoms with Crippen molar-refractivity contribution in [3.05, 3.63) is 21.4 Å². The Bertz CT molecular complexity index is 694. The summed E-state index contributed by atoms with van der Waals surface area (Å²) in [5, 5.41) is 2.95. The Morgan fingerprint density at radius 3 is 2.71 bits per heavy atom. The molecule has 0 unspecified atom stereocenters. The second-order valence-electron chi connectivity index (χ2n) is 8.60. The standard InChI is InChI=1S/C22H34N2O4S.C2H6/c1-3-18-14-19-20(29-18)4-9-28-22(19)5-7-24(8-6-22)15-16-12-17(13-16)23-21(25)27-11-10-26-2;1-2/h14,16-17H,3-13,15H2,1-2H3,(H,23,25);1-2H3. The van der Waals surface area contributed by atoms with Gasteiger partial charge in [0.15, 0.2) is 0 Å². The lowest BCUT2D eigenvalue weighted by Crippen LogP contribution is -2.51. The van der Waals surface area contributed by atoms with Crippen molar-refractivity contribution in [3.63, 3.8) is 0 Å². The first-order valence-electron chi connectivity index (χ1n) is 12.0. The summed E-state index contributed by atoms with van der Waals surface area (Å²) >= 11 is 1.99. The van der Waals surface area contributed by atoms with Crippen LogP contribution in [0.4, 0.5) is 4.79 Å². The summed E-state index contributed by atoms with van der Waals surface area (Å²) in [7, 11) is 1.60. The monoisotopic (exact) mass is 452 g/mol. The minimum absolute atomic E-state index is 0.0380. The molecule has 1 amide bonds. The maximum absolute atomic E-state index is 11.7. The molecule has 1 aromatic heterocycles. The zero-order valence-corrected chi connectivity index (χ0v) is 20.5. The molecular formula is C24H40N2O4S. The molecular weight excluding hydrogens is 412 g/mol. The number of ether oxygens (including phenoxy) is 3. The fourth-order valence-electron chi connectivity index (χ4n) is 4.95. The van der Waals surface area contributed by atoms with Crippen molar-refractivity contribution in [2.24, 2.45) is 5.92 Å². The molecule has 3 aliphatic rings. The molecule has 1 aromatic rings. The van der Waals surface area contributed by atoms with Gasteiger partial charge in [0.2, 0.25) is 0 Å². The van der Waals surface area contributed by atoms with E-state index in [0.717, 1.165) is 64.8 Å². The van der Waals surface area contributed by atoms with Gasteiger partial charge in [0.05, 0.1) is 18.8 Å². The van der Waals surface area contributed by atoms with E-state index in [0.29, 0.717) is 19.1 Å². The molecule has 176 valence electrons. The number of nitrogens with zero attached hydrogens (tertiary/aromatic N) is 1. The number of hydrogen-bond acceptors (Lipinski definition) is 6. The number of nitrogens with one attached hydrogen (secondary N) is 1. The van der Waals surface area contributed by atoms with Crippen molar-refractivity contribution in [1.29, 1.82) is 0 Å². The van der Waals surface area contributed by atoms with Crippen LogP contribution in [0.15, 0.2) is 6.07 Å². The lowest BCUT2D eigenvalue weighted by atomic mass is 9.78. The summed E-state index contributed by atoms with van der Waals surface area (Å²) in [5.74, 6) is 0.670. The predicted molar refractivity (Wildman–Crippen MR) is 125 cm³/mol. The minimum atomic E-state index is -0.321. The average Bonchev–Trinajstić information content (AvgIpc) is 3.20. The summed E-state index contributed by atoms with van der Waals surface area (Å²) in [6, 6.07) is 2.68. The maximum Gasteiger partial charge on any atom is 0.407 e. The molecule has 1 saturated heterocycles. The van der Waals surface area contributed by atoms with Gasteiger partial charge >= 0.3 is 6.09 Å². The van der Waals surface area contributed by atoms with Gasteiger partial charge in [-0.1, -0.05) is 20.8 Å². The number of amides is 1. The van der Waals surface area contributed by atoms with E-state index in [-0.39, 0.29) is 17.7 Å². The van der Waals surface area contributed by atoms with Gasteiger partial charge in [-0.25, -0.2) is 4.79 Å². The maximum atomic E-state index is 11.7. The fourth-order valence-corrected chi connectivity index (χ4v) is 6.13. The van der Waals surface area contributed by atoms with Crippen LogP contribution in [0, 0.1) is 5.92 Å². The molecule has 4 rings (SSSR count). The first-order valence-corrected chi connectivity index (χ1v) is 12.8. The van der Waals surface area contributed by atoms with E-state index in [4.69, 9.17) is 14.2 Å². The molecule has 1 aliphatic carbocycles. The van der Waals surface area contributed by atoms with Crippen molar-refractivity contribution in [3.8, 4) is 0 Å². The Morgan fingerprint density at radius 1 is 1.29 bits per heavy atom. The quantitative estimate of drug-likeness (QED) is 0.623. The highest BCUT2D eigenvalue weighted by molar-refractivity contribution is 7.12. The molecule has 0 aromatic carbocycles. The van der Waals surface area contributed by atoms with Crippen molar-refractivity contribution < 1.29 is 19.0 Å². The first kappa shape index (κ1) is 24.5. The number of alkyl carbamates (subject to hydrolysis) is 1. The van der Waals surface area contributed by atoms with Crippen LogP contribution < -0.4 is 5.32 Å². The van der Waals surface area contributed by atoms with Crippen molar-refractivity contribution >= 4 is 17.4 Å². The molecule has 1 saturated carbocycles. The van der Waals surface area contributed by atoms with Gasteiger partial charge < -0.3 is 24.4 Å². The minimum Gasteiger partial charge on any atom is -0.447 e. The van der Waals surface area contributed by atoms with E-state index < -0.39 is 0 Å². The summed E-state index contributed by atoms with van der Waals surface area (Å²) in [4.78, 5) is 17.4. The van der Waals surface area contributed by atoms with Gasteiger partial charge in [0, 0.05) is 49.0 Å². The molecule has 6 nitrogen and oxygen atoms in total. The number of likely N-dealkylation sites (tertiary alicyclic amines) is 1. The number of piperidine rings is 1. The lowest BCUT2D eigenvalue weighted by Gasteiger charge is -2.46. The molecule has 31 heavy (non-hydrogen) atoms. The summed E-state index contributed by atoms with van der Waals surface area (Å²) in [6.45, 7) is 11.2. The van der Waals surface area contributed by atoms with Crippen LogP contribution in [0.3, 0.4) is 0 Å². The largest absolute Gasteiger partial charge is 0.447 e. The van der Waals surface area contributed by atoms with E-state index in [1.54, 1.807) is 12.0 Å². The van der Waals surface area contributed by atoms with Gasteiger partial charge in [-0.05, 0) is 49.7 Å². The van der Waals surface area contributed by atoms with Crippen LogP contribution in [0.1, 0.15) is 61.8 Å². The van der Waals surface area contributed by atoms with E-state index in [1.807, 2.05) is 25.2 Å². The van der Waals surface area contributed by atoms with Crippen LogP contribution in [-0.4, -0.2) is 63.6 Å². The summed E-state index contributed by atoms with van der Waals surface area (Å²) in [5.41, 5.74) is 1.45. The van der Waals surface area contributed by atoms with Gasteiger partial charge in [-0.2, -0.15) is 0 Å². The number of carbonyl (C=O) groups is 1. The Kier molecular flexibility index (Phi) is 9.19. The Balaban J connectivity index is 0.00000132. The molecule has 0 bridgehead atoms. The van der Waals surface area contributed by atoms with Crippen LogP contribution in [0.2, 0.25) is 0 Å². The predicted octanol–water partition coefficient (Wildman–Crippen LogP) is 4.35. The fraction of sp³-hybridized carbons (Fsp3) is 0.792. The zero-order chi connectivity index (χ0) is 22.3. The van der Waals surface area contributed by atoms with Crippen LogP contribution in [0.5, 0.6) is 0 Å². The Hall–Kier alpha value is -1.15. The molecule has 2 aliphatic heterocycles. The van der Waals surface area contributed by atoms with Crippen molar-refractivity contribution in [1.82, 2.24) is 10.2 Å². The van der Waals surface area contributed by atoms with Gasteiger partial charge in [-0.15, -0.1) is 11.3 Å². The second-order valence-corrected chi connectivity index (χ2v) is 9.83. The number of carbonyl (C=O) groups excluding carboxylic acids is 1. The van der Waals surface area contributed by atoms with Crippen LogP contribution in [-0.2, 0) is 32.7 Å². The number of methoxy groups -OCH3 is 1. The van der Waals surface area contributed by atoms with E-state index >= 15 is 0 Å². The first-order chi connectivity index (χ1) is 15.1. The lowest BCUT2D eigenvalue weighted by molar-refractivity contribution is -0.0996. The third kappa shape index (κ3) is 6.01. The molecule has 7 heteroatoms. The summed E-state index contributed by atoms with van der Waals surface area (Å²) in [6.07, 6.45) is 6.17. The third-order valence-electron chi connectivity index (χ3n) is 6.67. The smallest absolute Gasteiger partial charge is 0.407 e. The van der Waals surface area contributed by atoms with Crippen LogP contribution in [0.25, 0.3) is 0 Å². The number of thiophene rings is 1. The number of fused-ring (bicyclic) bond motifs is 2. The molecule has 3 heterocycles. The van der Waals surface area contributed by atoms with Gasteiger partial charge in [0.25, 0.3) is 0 Å². The molecule has 1 N–H and O–H groups in total. The third-order valence-corrected chi connectivity index (χ3v) is 8.00. The molecule has 2 fully saturated rings. The van der Waals surface area contributed by atoms with E-state index in [1.165, 1.54) is 10.4 Å². The zero-order valence-electron chi connectivity index (χ0n) is 19.7. The highest BCUT2D eigenvalue weighted by atomic mass is 32.1. The SMILES string of the molecule is CC.CCc1cc2c(s1)CCOC21CCN(CC2CC(NC(=O)OCCOC)C2)CC1. The highest BCUT2D eigenvalue weighted by Crippen LogP contribution is 2.45. The second kappa shape index (κ2) is 11.6. The van der Waals surface area contributed by atoms with Gasteiger partial charge in [0.1, 0.15) is 6.61 Å². The van der Waals surface area contributed by atoms with E-state index in [2.05, 4.69) is 23.2 Å². The van der Waals surface area contributed by atoms with Gasteiger partial charge in [-0.3, -0.25) is 0 Å². The number of rotatable bonds is 7. The number of aryl methyl sites for hydroxylation is 1. The average molecular weight is 453 g/mol. The summed E-state index contributed by atoms with van der Waals surface area (Å²) < 4.78 is 16.4. The van der Waals surface area contributed by atoms with E-state index in [9.17, 15) is 4.79 Å².